The molecule has 2 rings (SSSR count). The SMILES string of the molecule is COc1cc(Nc2ccc(C(N)=S)nc2)cc(OC)c1. The highest BCUT2D eigenvalue weighted by Gasteiger charge is 2.03. The smallest absolute Gasteiger partial charge is 0.124 e. The summed E-state index contributed by atoms with van der Waals surface area (Å²) in [5, 5.41) is 3.21. The third-order valence-corrected chi connectivity index (χ3v) is 2.87. The molecule has 5 nitrogen and oxygen atoms in total. The molecule has 104 valence electrons. The van der Waals surface area contributed by atoms with Crippen LogP contribution in [0.2, 0.25) is 0 Å². The van der Waals surface area contributed by atoms with Crippen LogP contribution < -0.4 is 20.5 Å². The molecule has 0 fully saturated rings. The maximum Gasteiger partial charge on any atom is 0.124 e. The molecule has 2 aromatic rings. The van der Waals surface area contributed by atoms with Crippen molar-refractivity contribution in [3.63, 3.8) is 0 Å². The van der Waals surface area contributed by atoms with E-state index in [1.54, 1.807) is 32.5 Å². The summed E-state index contributed by atoms with van der Waals surface area (Å²) in [7, 11) is 3.22. The number of nitrogens with one attached hydrogen (secondary N) is 1. The summed E-state index contributed by atoms with van der Waals surface area (Å²) < 4.78 is 10.4. The summed E-state index contributed by atoms with van der Waals surface area (Å²) in [6, 6.07) is 9.16. The highest BCUT2D eigenvalue weighted by Crippen LogP contribution is 2.27. The average Bonchev–Trinajstić information content (AvgIpc) is 2.47. The fraction of sp³-hybridized carbons (Fsp3) is 0.143. The number of nitrogens with zero attached hydrogens (tertiary/aromatic N) is 1. The van der Waals surface area contributed by atoms with Crippen molar-refractivity contribution in [1.82, 2.24) is 4.98 Å². The Balaban J connectivity index is 2.22. The second-order valence-corrected chi connectivity index (χ2v) is 4.46. The van der Waals surface area contributed by atoms with Crippen molar-refractivity contribution in [3.05, 3.63) is 42.2 Å². The van der Waals surface area contributed by atoms with Gasteiger partial charge in [-0.1, -0.05) is 12.2 Å². The van der Waals surface area contributed by atoms with E-state index < -0.39 is 0 Å². The summed E-state index contributed by atoms with van der Waals surface area (Å²) in [5.41, 5.74) is 7.76. The molecule has 0 aliphatic carbocycles. The first-order valence-electron chi connectivity index (χ1n) is 5.88. The van der Waals surface area contributed by atoms with Gasteiger partial charge in [0.25, 0.3) is 0 Å². The van der Waals surface area contributed by atoms with Gasteiger partial charge < -0.3 is 20.5 Å². The third kappa shape index (κ3) is 3.36. The Bertz CT molecular complexity index is 592. The van der Waals surface area contributed by atoms with Crippen molar-refractivity contribution in [3.8, 4) is 11.5 Å². The number of pyridine rings is 1. The van der Waals surface area contributed by atoms with Gasteiger partial charge in [0.2, 0.25) is 0 Å². The molecule has 20 heavy (non-hydrogen) atoms. The Morgan fingerprint density at radius 3 is 2.20 bits per heavy atom. The molecular formula is C14H15N3O2S. The van der Waals surface area contributed by atoms with Crippen molar-refractivity contribution in [2.24, 2.45) is 5.73 Å². The zero-order valence-electron chi connectivity index (χ0n) is 11.2. The van der Waals surface area contributed by atoms with E-state index in [1.807, 2.05) is 18.2 Å². The van der Waals surface area contributed by atoms with Crippen molar-refractivity contribution < 1.29 is 9.47 Å². The lowest BCUT2D eigenvalue weighted by Gasteiger charge is -2.10. The lowest BCUT2D eigenvalue weighted by Crippen LogP contribution is -2.11. The maximum absolute atomic E-state index is 5.51. The van der Waals surface area contributed by atoms with Crippen LogP contribution in [-0.4, -0.2) is 24.2 Å². The van der Waals surface area contributed by atoms with Gasteiger partial charge in [-0.25, -0.2) is 0 Å². The minimum absolute atomic E-state index is 0.277. The first-order chi connectivity index (χ1) is 9.62. The van der Waals surface area contributed by atoms with Gasteiger partial charge in [0.1, 0.15) is 16.5 Å². The maximum atomic E-state index is 5.51. The largest absolute Gasteiger partial charge is 0.497 e. The highest BCUT2D eigenvalue weighted by molar-refractivity contribution is 7.80. The second-order valence-electron chi connectivity index (χ2n) is 4.02. The van der Waals surface area contributed by atoms with Gasteiger partial charge in [0.05, 0.1) is 31.8 Å². The fourth-order valence-corrected chi connectivity index (χ4v) is 1.78. The molecule has 0 spiro atoms. The van der Waals surface area contributed by atoms with Crippen molar-refractivity contribution >= 4 is 28.6 Å². The molecular weight excluding hydrogens is 274 g/mol. The van der Waals surface area contributed by atoms with Crippen LogP contribution in [0.25, 0.3) is 0 Å². The minimum atomic E-state index is 0.277. The zero-order chi connectivity index (χ0) is 14.5. The number of nitrogens with two attached hydrogens (primary N) is 1. The summed E-state index contributed by atoms with van der Waals surface area (Å²) in [6.45, 7) is 0. The van der Waals surface area contributed by atoms with Crippen LogP contribution in [0.1, 0.15) is 5.69 Å². The predicted molar refractivity (Wildman–Crippen MR) is 83.0 cm³/mol. The van der Waals surface area contributed by atoms with E-state index in [1.165, 1.54) is 0 Å². The van der Waals surface area contributed by atoms with Crippen LogP contribution in [0.5, 0.6) is 11.5 Å². The molecule has 0 saturated heterocycles. The molecule has 0 aliphatic heterocycles. The van der Waals surface area contributed by atoms with Gasteiger partial charge >= 0.3 is 0 Å². The van der Waals surface area contributed by atoms with E-state index >= 15 is 0 Å². The molecule has 0 aliphatic rings. The molecule has 1 heterocycles. The number of benzene rings is 1. The number of rotatable bonds is 5. The van der Waals surface area contributed by atoms with Gasteiger partial charge in [-0.3, -0.25) is 4.98 Å². The van der Waals surface area contributed by atoms with Crippen LogP contribution in [0.4, 0.5) is 11.4 Å². The van der Waals surface area contributed by atoms with E-state index in [0.717, 1.165) is 11.4 Å². The van der Waals surface area contributed by atoms with Crippen molar-refractivity contribution in [2.75, 3.05) is 19.5 Å². The van der Waals surface area contributed by atoms with Crippen LogP contribution >= 0.6 is 12.2 Å². The van der Waals surface area contributed by atoms with E-state index in [0.29, 0.717) is 17.2 Å². The predicted octanol–water partition coefficient (Wildman–Crippen LogP) is 2.48. The van der Waals surface area contributed by atoms with Crippen LogP contribution in [-0.2, 0) is 0 Å². The average molecular weight is 289 g/mol. The summed E-state index contributed by atoms with van der Waals surface area (Å²) in [4.78, 5) is 4.45. The minimum Gasteiger partial charge on any atom is -0.497 e. The van der Waals surface area contributed by atoms with E-state index in [2.05, 4.69) is 10.3 Å². The lowest BCUT2D eigenvalue weighted by atomic mass is 10.2. The van der Waals surface area contributed by atoms with Crippen LogP contribution in [0.15, 0.2) is 36.5 Å². The molecule has 0 atom stereocenters. The highest BCUT2D eigenvalue weighted by atomic mass is 32.1. The normalized spacial score (nSPS) is 9.90. The standard InChI is InChI=1S/C14H15N3O2S/c1-18-11-5-10(6-12(7-11)19-2)17-9-3-4-13(14(15)20)16-8-9/h3-8,17H,1-2H3,(H2,15,20). The third-order valence-electron chi connectivity index (χ3n) is 2.66. The van der Waals surface area contributed by atoms with Crippen molar-refractivity contribution in [1.29, 1.82) is 0 Å². The summed E-state index contributed by atoms with van der Waals surface area (Å²) in [5.74, 6) is 1.42. The van der Waals surface area contributed by atoms with Gasteiger partial charge in [-0.05, 0) is 12.1 Å². The van der Waals surface area contributed by atoms with Gasteiger partial charge in [0, 0.05) is 23.9 Å². The molecule has 0 radical (unpaired) electrons. The lowest BCUT2D eigenvalue weighted by molar-refractivity contribution is 0.395. The van der Waals surface area contributed by atoms with Gasteiger partial charge in [-0.15, -0.1) is 0 Å². The molecule has 1 aromatic carbocycles. The number of thiocarbonyl (C=S) groups is 1. The van der Waals surface area contributed by atoms with Gasteiger partial charge in [-0.2, -0.15) is 0 Å². The zero-order valence-corrected chi connectivity index (χ0v) is 12.0. The summed E-state index contributed by atoms with van der Waals surface area (Å²) in [6.07, 6.45) is 1.67. The van der Waals surface area contributed by atoms with Gasteiger partial charge in [0.15, 0.2) is 0 Å². The molecule has 0 bridgehead atoms. The molecule has 6 heteroatoms. The number of methoxy groups -OCH3 is 2. The van der Waals surface area contributed by atoms with E-state index in [-0.39, 0.29) is 4.99 Å². The molecule has 0 unspecified atom stereocenters. The van der Waals surface area contributed by atoms with Crippen molar-refractivity contribution in [2.45, 2.75) is 0 Å². The monoisotopic (exact) mass is 289 g/mol. The van der Waals surface area contributed by atoms with E-state index in [9.17, 15) is 0 Å². The number of hydrogen-bond donors (Lipinski definition) is 2. The molecule has 0 saturated carbocycles. The Labute approximate surface area is 122 Å². The fourth-order valence-electron chi connectivity index (χ4n) is 1.66. The molecule has 0 amide bonds. The first-order valence-corrected chi connectivity index (χ1v) is 6.29. The number of anilines is 2. The Kier molecular flexibility index (Phi) is 4.37. The Hall–Kier alpha value is -2.34. The number of aromatic nitrogens is 1. The van der Waals surface area contributed by atoms with E-state index in [4.69, 9.17) is 27.4 Å². The molecule has 1 aromatic heterocycles. The Morgan fingerprint density at radius 2 is 1.75 bits per heavy atom. The second kappa shape index (κ2) is 6.21. The van der Waals surface area contributed by atoms with Crippen LogP contribution in [0.3, 0.4) is 0 Å². The Morgan fingerprint density at radius 1 is 1.10 bits per heavy atom. The quantitative estimate of drug-likeness (QED) is 0.824. The van der Waals surface area contributed by atoms with Crippen LogP contribution in [0, 0.1) is 0 Å². The first kappa shape index (κ1) is 14.1. The summed E-state index contributed by atoms with van der Waals surface area (Å²) >= 11 is 4.86. The topological polar surface area (TPSA) is 69.4 Å². The number of hydrogen-bond acceptors (Lipinski definition) is 5. The number of ether oxygens (including phenoxy) is 2. The molecule has 3 N–H and O–H groups in total.